The van der Waals surface area contributed by atoms with Crippen molar-refractivity contribution in [3.63, 3.8) is 0 Å². The van der Waals surface area contributed by atoms with Gasteiger partial charge in [-0.3, -0.25) is 4.79 Å². The summed E-state index contributed by atoms with van der Waals surface area (Å²) in [6.07, 6.45) is 3.38. The average molecular weight is 365 g/mol. The Morgan fingerprint density at radius 1 is 1.12 bits per heavy atom. The summed E-state index contributed by atoms with van der Waals surface area (Å²) in [6.45, 7) is 5.99. The molecule has 2 aliphatic rings. The van der Waals surface area contributed by atoms with Gasteiger partial charge in [0.1, 0.15) is 0 Å². The van der Waals surface area contributed by atoms with Crippen LogP contribution in [0.25, 0.3) is 0 Å². The second-order valence-corrected chi connectivity index (χ2v) is 9.59. The Hall–Kier alpha value is -1.40. The molecular weight excluding hydrogens is 336 g/mol. The van der Waals surface area contributed by atoms with Crippen molar-refractivity contribution in [1.29, 1.82) is 0 Å². The molecule has 1 saturated heterocycles. The predicted molar refractivity (Wildman–Crippen MR) is 98.6 cm³/mol. The second-order valence-electron chi connectivity index (χ2n) is 7.61. The maximum Gasteiger partial charge on any atom is 0.226 e. The average Bonchev–Trinajstić information content (AvgIpc) is 2.59. The van der Waals surface area contributed by atoms with Crippen LogP contribution in [-0.4, -0.2) is 49.4 Å². The molecule has 1 atom stereocenters. The minimum Gasteiger partial charge on any atom is -0.335 e. The van der Waals surface area contributed by atoms with Crippen LogP contribution in [0.4, 0.5) is 0 Å². The topological polar surface area (TPSA) is 57.7 Å². The number of piperidine rings is 1. The van der Waals surface area contributed by atoms with Gasteiger partial charge >= 0.3 is 0 Å². The van der Waals surface area contributed by atoms with E-state index < -0.39 is 10.0 Å². The molecule has 2 heterocycles. The summed E-state index contributed by atoms with van der Waals surface area (Å²) in [6, 6.07) is 8.54. The second kappa shape index (κ2) is 7.08. The van der Waals surface area contributed by atoms with Crippen LogP contribution in [0.3, 0.4) is 0 Å². The maximum absolute atomic E-state index is 13.2. The Kier molecular flexibility index (Phi) is 5.21. The quantitative estimate of drug-likeness (QED) is 0.828. The van der Waals surface area contributed by atoms with Crippen molar-refractivity contribution < 1.29 is 13.2 Å². The van der Waals surface area contributed by atoms with E-state index >= 15 is 0 Å². The normalized spacial score (nSPS) is 22.9. The molecule has 1 unspecified atom stereocenters. The maximum atomic E-state index is 13.2. The fraction of sp³-hybridized carbons (Fsp3) is 0.632. The number of amides is 1. The first-order chi connectivity index (χ1) is 11.8. The molecular formula is C19H28N2O3S. The molecule has 25 heavy (non-hydrogen) atoms. The van der Waals surface area contributed by atoms with E-state index in [1.807, 2.05) is 11.0 Å². The Morgan fingerprint density at radius 3 is 2.36 bits per heavy atom. The van der Waals surface area contributed by atoms with Gasteiger partial charge in [-0.2, -0.15) is 0 Å². The summed E-state index contributed by atoms with van der Waals surface area (Å²) < 4.78 is 24.8. The smallest absolute Gasteiger partial charge is 0.226 e. The van der Waals surface area contributed by atoms with Crippen molar-refractivity contribution >= 4 is 15.9 Å². The van der Waals surface area contributed by atoms with Crippen LogP contribution in [0.15, 0.2) is 24.3 Å². The zero-order valence-corrected chi connectivity index (χ0v) is 16.1. The van der Waals surface area contributed by atoms with Gasteiger partial charge in [0, 0.05) is 25.6 Å². The highest BCUT2D eigenvalue weighted by molar-refractivity contribution is 7.88. The molecule has 3 rings (SSSR count). The van der Waals surface area contributed by atoms with Crippen LogP contribution < -0.4 is 0 Å². The third-order valence-electron chi connectivity index (χ3n) is 5.52. The van der Waals surface area contributed by atoms with E-state index in [0.29, 0.717) is 31.8 Å². The highest BCUT2D eigenvalue weighted by Crippen LogP contribution is 2.37. The lowest BCUT2D eigenvalue weighted by atomic mass is 9.84. The lowest BCUT2D eigenvalue weighted by Crippen LogP contribution is -2.48. The van der Waals surface area contributed by atoms with Gasteiger partial charge in [0.2, 0.25) is 15.9 Å². The van der Waals surface area contributed by atoms with Gasteiger partial charge in [0.25, 0.3) is 0 Å². The van der Waals surface area contributed by atoms with Crippen molar-refractivity contribution in [2.75, 3.05) is 25.9 Å². The first-order valence-corrected chi connectivity index (χ1v) is 11.0. The number of fused-ring (bicyclic) bond motifs is 1. The van der Waals surface area contributed by atoms with Gasteiger partial charge < -0.3 is 4.90 Å². The Balaban J connectivity index is 1.76. The van der Waals surface area contributed by atoms with Crippen LogP contribution in [0, 0.1) is 11.8 Å². The minimum absolute atomic E-state index is 0.0653. The number of hydrogen-bond acceptors (Lipinski definition) is 3. The molecule has 1 fully saturated rings. The standard InChI is InChI=1S/C19H28N2O3S/c1-14(2)18-17-7-5-4-6-15(17)10-13-21(18)19(22)16-8-11-20(12-9-16)25(3,23)24/h4-7,14,16,18H,8-13H2,1-3H3. The molecule has 0 bridgehead atoms. The molecule has 0 saturated carbocycles. The van der Waals surface area contributed by atoms with Crippen LogP contribution in [0.1, 0.15) is 43.9 Å². The van der Waals surface area contributed by atoms with E-state index in [-0.39, 0.29) is 17.9 Å². The molecule has 1 amide bonds. The van der Waals surface area contributed by atoms with Crippen molar-refractivity contribution in [3.8, 4) is 0 Å². The Bertz CT molecular complexity index is 737. The van der Waals surface area contributed by atoms with E-state index in [1.54, 1.807) is 0 Å². The Morgan fingerprint density at radius 2 is 1.76 bits per heavy atom. The lowest BCUT2D eigenvalue weighted by molar-refractivity contribution is -0.140. The monoisotopic (exact) mass is 364 g/mol. The third kappa shape index (κ3) is 3.75. The van der Waals surface area contributed by atoms with Gasteiger partial charge in [-0.1, -0.05) is 38.1 Å². The SMILES string of the molecule is CC(C)C1c2ccccc2CCN1C(=O)C1CCN(S(C)(=O)=O)CC1. The van der Waals surface area contributed by atoms with E-state index in [1.165, 1.54) is 21.7 Å². The summed E-state index contributed by atoms with van der Waals surface area (Å²) in [5.74, 6) is 0.479. The predicted octanol–water partition coefficient (Wildman–Crippen LogP) is 2.44. The molecule has 0 aliphatic carbocycles. The summed E-state index contributed by atoms with van der Waals surface area (Å²) >= 11 is 0. The molecule has 138 valence electrons. The number of hydrogen-bond donors (Lipinski definition) is 0. The van der Waals surface area contributed by atoms with Gasteiger partial charge in [0.05, 0.1) is 12.3 Å². The minimum atomic E-state index is -3.16. The summed E-state index contributed by atoms with van der Waals surface area (Å²) in [4.78, 5) is 15.2. The van der Waals surface area contributed by atoms with Crippen LogP contribution in [-0.2, 0) is 21.2 Å². The van der Waals surface area contributed by atoms with Crippen molar-refractivity contribution in [1.82, 2.24) is 9.21 Å². The summed E-state index contributed by atoms with van der Waals surface area (Å²) in [5, 5.41) is 0. The number of nitrogens with zero attached hydrogens (tertiary/aromatic N) is 2. The van der Waals surface area contributed by atoms with E-state index in [4.69, 9.17) is 0 Å². The number of carbonyl (C=O) groups is 1. The number of carbonyl (C=O) groups excluding carboxylic acids is 1. The van der Waals surface area contributed by atoms with Crippen molar-refractivity contribution in [2.45, 2.75) is 39.2 Å². The molecule has 0 aromatic heterocycles. The number of rotatable bonds is 3. The number of benzene rings is 1. The summed E-state index contributed by atoms with van der Waals surface area (Å²) in [5.41, 5.74) is 2.61. The fourth-order valence-corrected chi connectivity index (χ4v) is 5.11. The molecule has 6 heteroatoms. The molecule has 5 nitrogen and oxygen atoms in total. The third-order valence-corrected chi connectivity index (χ3v) is 6.82. The van der Waals surface area contributed by atoms with Crippen molar-refractivity contribution in [2.24, 2.45) is 11.8 Å². The molecule has 2 aliphatic heterocycles. The van der Waals surface area contributed by atoms with Gasteiger partial charge in [-0.15, -0.1) is 0 Å². The fourth-order valence-electron chi connectivity index (χ4n) is 4.23. The first kappa shape index (κ1) is 18.4. The highest BCUT2D eigenvalue weighted by atomic mass is 32.2. The van der Waals surface area contributed by atoms with Gasteiger partial charge in [0.15, 0.2) is 0 Å². The zero-order chi connectivity index (χ0) is 18.2. The van der Waals surface area contributed by atoms with Crippen LogP contribution in [0.5, 0.6) is 0 Å². The van der Waals surface area contributed by atoms with Crippen LogP contribution in [0.2, 0.25) is 0 Å². The molecule has 0 N–H and O–H groups in total. The molecule has 0 radical (unpaired) electrons. The van der Waals surface area contributed by atoms with Crippen LogP contribution >= 0.6 is 0 Å². The van der Waals surface area contributed by atoms with Crippen molar-refractivity contribution in [3.05, 3.63) is 35.4 Å². The van der Waals surface area contributed by atoms with E-state index in [9.17, 15) is 13.2 Å². The van der Waals surface area contributed by atoms with Gasteiger partial charge in [-0.25, -0.2) is 12.7 Å². The molecule has 0 spiro atoms. The van der Waals surface area contributed by atoms with Gasteiger partial charge in [-0.05, 0) is 36.3 Å². The lowest BCUT2D eigenvalue weighted by Gasteiger charge is -2.42. The largest absolute Gasteiger partial charge is 0.335 e. The summed E-state index contributed by atoms with van der Waals surface area (Å²) in [7, 11) is -3.16. The first-order valence-electron chi connectivity index (χ1n) is 9.12. The zero-order valence-electron chi connectivity index (χ0n) is 15.3. The molecule has 1 aromatic carbocycles. The highest BCUT2D eigenvalue weighted by Gasteiger charge is 2.37. The Labute approximate surface area is 151 Å². The number of sulfonamides is 1. The molecule has 1 aromatic rings. The van der Waals surface area contributed by atoms with E-state index in [2.05, 4.69) is 32.0 Å². The van der Waals surface area contributed by atoms with E-state index in [0.717, 1.165) is 13.0 Å².